The van der Waals surface area contributed by atoms with Gasteiger partial charge < -0.3 is 35.2 Å². The van der Waals surface area contributed by atoms with Crippen LogP contribution in [-0.4, -0.2) is 68.3 Å². The monoisotopic (exact) mass is 745 g/mol. The number of alkyl carbamates (subject to hydrolysis) is 1. The highest BCUT2D eigenvalue weighted by molar-refractivity contribution is 5.94. The maximum Gasteiger partial charge on any atom is 0.408 e. The largest absolute Gasteiger partial charge is 0.508 e. The quantitative estimate of drug-likeness (QED) is 0.118. The van der Waals surface area contributed by atoms with Crippen molar-refractivity contribution in [3.63, 3.8) is 0 Å². The summed E-state index contributed by atoms with van der Waals surface area (Å²) in [4.78, 5) is 58.5. The first kappa shape index (κ1) is 43.3. The minimum atomic E-state index is -1.44. The van der Waals surface area contributed by atoms with E-state index in [0.29, 0.717) is 24.0 Å². The summed E-state index contributed by atoms with van der Waals surface area (Å²) in [5, 5.41) is 27.1. The van der Waals surface area contributed by atoms with Gasteiger partial charge in [0.2, 0.25) is 11.8 Å². The number of hydrogen-bond donors (Lipinski definition) is 4. The van der Waals surface area contributed by atoms with Crippen molar-refractivity contribution in [2.45, 2.75) is 130 Å². The molecule has 0 aliphatic heterocycles. The molecule has 0 saturated carbocycles. The Kier molecular flexibility index (Phi) is 15.1. The number of aryl methyl sites for hydroxylation is 1. The van der Waals surface area contributed by atoms with Gasteiger partial charge in [-0.05, 0) is 103 Å². The minimum Gasteiger partial charge on any atom is -0.508 e. The Hall–Kier alpha value is -5.06. The smallest absolute Gasteiger partial charge is 0.408 e. The highest BCUT2D eigenvalue weighted by atomic mass is 16.6. The summed E-state index contributed by atoms with van der Waals surface area (Å²) in [5.74, 6) is -1.87. The van der Waals surface area contributed by atoms with Gasteiger partial charge in [0.05, 0.1) is 0 Å². The third kappa shape index (κ3) is 13.4. The van der Waals surface area contributed by atoms with Gasteiger partial charge in [-0.3, -0.25) is 9.59 Å². The average molecular weight is 746 g/mol. The summed E-state index contributed by atoms with van der Waals surface area (Å²) in [7, 11) is 0. The van der Waals surface area contributed by atoms with E-state index in [-0.39, 0.29) is 35.8 Å². The van der Waals surface area contributed by atoms with E-state index in [2.05, 4.69) is 24.5 Å². The fourth-order valence-corrected chi connectivity index (χ4v) is 6.00. The molecular formula is C43H59N3O8. The lowest BCUT2D eigenvalue weighted by Gasteiger charge is -2.39. The van der Waals surface area contributed by atoms with Crippen LogP contribution in [0, 0.1) is 12.8 Å². The molecule has 0 aromatic heterocycles. The number of ether oxygens (including phenoxy) is 2. The standard InChI is InChI=1S/C43H59N3O8/c1-27(2)19-20-29(4)46(39(50)34(45-41(52)54-43(8,9)10)25-31-21-23-32(47)24-22-31)36(33-18-14-15-28(3)37(33)48)38(49)44-35(40(51)53-42(5,6)7)26-30-16-12-11-13-17-30/h11-18,21-24,27,29,34-36,47-48H,19-20,25-26H2,1-10H3,(H,44,49)(H,45,52). The van der Waals surface area contributed by atoms with Gasteiger partial charge >= 0.3 is 12.1 Å². The number of hydrogen-bond acceptors (Lipinski definition) is 8. The first-order valence-corrected chi connectivity index (χ1v) is 18.6. The van der Waals surface area contributed by atoms with Crippen molar-refractivity contribution in [1.82, 2.24) is 15.5 Å². The van der Waals surface area contributed by atoms with E-state index in [1.807, 2.05) is 37.3 Å². The van der Waals surface area contributed by atoms with E-state index >= 15 is 4.79 Å². The molecule has 0 heterocycles. The average Bonchev–Trinajstić information content (AvgIpc) is 3.06. The molecule has 3 amide bonds. The number of para-hydroxylation sites is 1. The predicted octanol–water partition coefficient (Wildman–Crippen LogP) is 7.31. The van der Waals surface area contributed by atoms with Crippen molar-refractivity contribution in [2.24, 2.45) is 5.92 Å². The molecule has 4 atom stereocenters. The lowest BCUT2D eigenvalue weighted by Crippen LogP contribution is -2.57. The summed E-state index contributed by atoms with van der Waals surface area (Å²) in [6.07, 6.45) is 0.456. The topological polar surface area (TPSA) is 154 Å². The number of nitrogens with one attached hydrogen (secondary N) is 2. The number of benzene rings is 3. The lowest BCUT2D eigenvalue weighted by molar-refractivity contribution is -0.159. The van der Waals surface area contributed by atoms with Gasteiger partial charge in [0, 0.05) is 24.4 Å². The van der Waals surface area contributed by atoms with Gasteiger partial charge in [0.1, 0.15) is 40.8 Å². The Bertz CT molecular complexity index is 1710. The van der Waals surface area contributed by atoms with E-state index in [1.165, 1.54) is 17.0 Å². The number of carbonyl (C=O) groups excluding carboxylic acids is 4. The Balaban J connectivity index is 2.23. The third-order valence-corrected chi connectivity index (χ3v) is 8.64. The molecule has 0 radical (unpaired) electrons. The van der Waals surface area contributed by atoms with E-state index in [9.17, 15) is 24.6 Å². The van der Waals surface area contributed by atoms with Crippen LogP contribution >= 0.6 is 0 Å². The Labute approximate surface area is 320 Å². The van der Waals surface area contributed by atoms with Crippen LogP contribution in [0.15, 0.2) is 72.8 Å². The van der Waals surface area contributed by atoms with E-state index in [1.54, 1.807) is 78.8 Å². The Morgan fingerprint density at radius 3 is 1.85 bits per heavy atom. The number of phenols is 2. The normalized spacial score (nSPS) is 14.0. The van der Waals surface area contributed by atoms with Crippen molar-refractivity contribution in [3.8, 4) is 11.5 Å². The SMILES string of the molecule is Cc1cccc(C(C(=O)NC(Cc2ccccc2)C(=O)OC(C)(C)C)N(C(=O)C(Cc2ccc(O)cc2)NC(=O)OC(C)(C)C)C(C)CCC(C)C)c1O. The van der Waals surface area contributed by atoms with Crippen LogP contribution < -0.4 is 10.6 Å². The lowest BCUT2D eigenvalue weighted by atomic mass is 9.94. The van der Waals surface area contributed by atoms with Gasteiger partial charge in [-0.2, -0.15) is 0 Å². The van der Waals surface area contributed by atoms with Crippen LogP contribution in [-0.2, 0) is 36.7 Å². The van der Waals surface area contributed by atoms with E-state index in [0.717, 1.165) is 5.56 Å². The van der Waals surface area contributed by atoms with Crippen molar-refractivity contribution in [1.29, 1.82) is 0 Å². The van der Waals surface area contributed by atoms with Crippen LogP contribution in [0.1, 0.15) is 103 Å². The highest BCUT2D eigenvalue weighted by Gasteiger charge is 2.41. The van der Waals surface area contributed by atoms with Crippen LogP contribution in [0.3, 0.4) is 0 Å². The van der Waals surface area contributed by atoms with E-state index < -0.39 is 59.2 Å². The number of rotatable bonds is 15. The fourth-order valence-electron chi connectivity index (χ4n) is 6.00. The van der Waals surface area contributed by atoms with Crippen LogP contribution in [0.5, 0.6) is 11.5 Å². The van der Waals surface area contributed by atoms with E-state index in [4.69, 9.17) is 9.47 Å². The first-order chi connectivity index (χ1) is 25.1. The van der Waals surface area contributed by atoms with Crippen LogP contribution in [0.25, 0.3) is 0 Å². The number of carbonyl (C=O) groups is 4. The molecule has 3 aromatic carbocycles. The Morgan fingerprint density at radius 1 is 0.704 bits per heavy atom. The second-order valence-corrected chi connectivity index (χ2v) is 16.3. The molecule has 3 rings (SSSR count). The molecule has 54 heavy (non-hydrogen) atoms. The van der Waals surface area contributed by atoms with Gasteiger partial charge in [-0.1, -0.05) is 74.5 Å². The molecule has 0 spiro atoms. The number of nitrogens with zero attached hydrogens (tertiary/aromatic N) is 1. The summed E-state index contributed by atoms with van der Waals surface area (Å²) < 4.78 is 11.3. The minimum absolute atomic E-state index is 0.00552. The molecule has 0 bridgehead atoms. The summed E-state index contributed by atoms with van der Waals surface area (Å²) in [6.45, 7) is 18.0. The molecular weight excluding hydrogens is 686 g/mol. The van der Waals surface area contributed by atoms with Crippen LogP contribution in [0.2, 0.25) is 0 Å². The summed E-state index contributed by atoms with van der Waals surface area (Å²) in [5.41, 5.74) is 0.314. The number of aromatic hydroxyl groups is 2. The molecule has 3 aromatic rings. The summed E-state index contributed by atoms with van der Waals surface area (Å²) >= 11 is 0. The molecule has 0 fully saturated rings. The molecule has 0 aliphatic carbocycles. The fraction of sp³-hybridized carbons (Fsp3) is 0.488. The molecule has 4 unspecified atom stereocenters. The van der Waals surface area contributed by atoms with Crippen molar-refractivity contribution in [2.75, 3.05) is 0 Å². The number of esters is 1. The molecule has 4 N–H and O–H groups in total. The van der Waals surface area contributed by atoms with Gasteiger partial charge in [0.25, 0.3) is 0 Å². The van der Waals surface area contributed by atoms with Crippen LogP contribution in [0.4, 0.5) is 4.79 Å². The van der Waals surface area contributed by atoms with Gasteiger partial charge in [-0.15, -0.1) is 0 Å². The Morgan fingerprint density at radius 2 is 1.28 bits per heavy atom. The first-order valence-electron chi connectivity index (χ1n) is 18.6. The third-order valence-electron chi connectivity index (χ3n) is 8.64. The maximum absolute atomic E-state index is 15.2. The second kappa shape index (κ2) is 18.8. The van der Waals surface area contributed by atoms with Crippen molar-refractivity contribution >= 4 is 23.9 Å². The molecule has 0 saturated heterocycles. The zero-order valence-corrected chi connectivity index (χ0v) is 33.4. The molecule has 11 heteroatoms. The molecule has 11 nitrogen and oxygen atoms in total. The van der Waals surface area contributed by atoms with Gasteiger partial charge in [0.15, 0.2) is 0 Å². The second-order valence-electron chi connectivity index (χ2n) is 16.3. The molecule has 0 aliphatic rings. The number of phenolic OH excluding ortho intramolecular Hbond substituents is 2. The predicted molar refractivity (Wildman–Crippen MR) is 209 cm³/mol. The molecule has 294 valence electrons. The maximum atomic E-state index is 15.2. The summed E-state index contributed by atoms with van der Waals surface area (Å²) in [6, 6.07) is 16.0. The zero-order chi connectivity index (χ0) is 40.4. The van der Waals surface area contributed by atoms with Crippen molar-refractivity contribution < 1.29 is 38.9 Å². The van der Waals surface area contributed by atoms with Crippen molar-refractivity contribution in [3.05, 3.63) is 95.1 Å². The van der Waals surface area contributed by atoms with Gasteiger partial charge in [-0.25, -0.2) is 9.59 Å². The highest BCUT2D eigenvalue weighted by Crippen LogP contribution is 2.35. The number of amides is 3. The zero-order valence-electron chi connectivity index (χ0n) is 33.4.